The van der Waals surface area contributed by atoms with E-state index in [1.54, 1.807) is 6.07 Å². The summed E-state index contributed by atoms with van der Waals surface area (Å²) < 4.78 is 11.5. The van der Waals surface area contributed by atoms with Crippen LogP contribution in [0.3, 0.4) is 0 Å². The number of carboxylic acids is 1. The van der Waals surface area contributed by atoms with Gasteiger partial charge in [-0.15, -0.1) is 0 Å². The molecule has 3 unspecified atom stereocenters. The van der Waals surface area contributed by atoms with E-state index < -0.39 is 18.0 Å². The molecular formula is C33H36N2O6. The molecule has 0 bridgehead atoms. The van der Waals surface area contributed by atoms with Crippen LogP contribution >= 0.6 is 0 Å². The monoisotopic (exact) mass is 556 g/mol. The summed E-state index contributed by atoms with van der Waals surface area (Å²) in [6.07, 6.45) is 3.15. The molecule has 214 valence electrons. The van der Waals surface area contributed by atoms with Crippen LogP contribution in [0.15, 0.2) is 72.8 Å². The number of carbonyl (C=O) groups is 3. The maximum atomic E-state index is 12.4. The molecule has 1 saturated heterocycles. The van der Waals surface area contributed by atoms with Crippen LogP contribution in [0.4, 0.5) is 0 Å². The summed E-state index contributed by atoms with van der Waals surface area (Å²) in [4.78, 5) is 37.0. The van der Waals surface area contributed by atoms with Crippen molar-refractivity contribution in [2.45, 2.75) is 56.4 Å². The van der Waals surface area contributed by atoms with Gasteiger partial charge in [0.2, 0.25) is 5.91 Å². The quantitative estimate of drug-likeness (QED) is 0.261. The molecule has 3 aromatic carbocycles. The molecule has 1 heterocycles. The smallest absolute Gasteiger partial charge is 0.328 e. The molecule has 1 aliphatic carbocycles. The van der Waals surface area contributed by atoms with E-state index in [1.807, 2.05) is 35.2 Å². The first kappa shape index (κ1) is 28.4. The lowest BCUT2D eigenvalue weighted by Gasteiger charge is -2.35. The minimum atomic E-state index is -1.00. The van der Waals surface area contributed by atoms with E-state index in [0.717, 1.165) is 37.1 Å². The number of amides is 1. The van der Waals surface area contributed by atoms with Crippen molar-refractivity contribution in [1.82, 2.24) is 4.90 Å². The summed E-state index contributed by atoms with van der Waals surface area (Å²) in [5.74, 6) is 0.121. The minimum Gasteiger partial charge on any atom is -0.492 e. The van der Waals surface area contributed by atoms with Crippen LogP contribution in [0.25, 0.3) is 0 Å². The van der Waals surface area contributed by atoms with E-state index in [4.69, 9.17) is 20.3 Å². The number of nitrogens with zero attached hydrogens (tertiary/aromatic N) is 1. The molecule has 8 heteroatoms. The van der Waals surface area contributed by atoms with Crippen molar-refractivity contribution in [2.24, 2.45) is 5.73 Å². The average Bonchev–Trinajstić information content (AvgIpc) is 3.40. The Morgan fingerprint density at radius 3 is 2.44 bits per heavy atom. The van der Waals surface area contributed by atoms with Gasteiger partial charge in [0.25, 0.3) is 0 Å². The summed E-state index contributed by atoms with van der Waals surface area (Å²) in [5.41, 5.74) is 10.6. The van der Waals surface area contributed by atoms with Crippen LogP contribution in [-0.4, -0.2) is 53.6 Å². The molecule has 0 aromatic heterocycles. The molecule has 8 nitrogen and oxygen atoms in total. The molecule has 5 rings (SSSR count). The number of esters is 1. The Morgan fingerprint density at radius 1 is 0.976 bits per heavy atom. The molecule has 41 heavy (non-hydrogen) atoms. The Kier molecular flexibility index (Phi) is 8.99. The van der Waals surface area contributed by atoms with Crippen molar-refractivity contribution >= 4 is 17.8 Å². The number of ether oxygens (including phenoxy) is 2. The first-order valence-corrected chi connectivity index (χ1v) is 14.3. The fourth-order valence-electron chi connectivity index (χ4n) is 5.91. The number of nitrogens with two attached hydrogens (primary N) is 1. The zero-order valence-electron chi connectivity index (χ0n) is 23.0. The van der Waals surface area contributed by atoms with E-state index in [1.165, 1.54) is 16.7 Å². The lowest BCUT2D eigenvalue weighted by atomic mass is 9.69. The van der Waals surface area contributed by atoms with Crippen LogP contribution in [0.5, 0.6) is 11.5 Å². The van der Waals surface area contributed by atoms with Gasteiger partial charge in [-0.1, -0.05) is 48.5 Å². The van der Waals surface area contributed by atoms with Crippen molar-refractivity contribution in [3.63, 3.8) is 0 Å². The number of hydrogen-bond acceptors (Lipinski definition) is 6. The first-order valence-electron chi connectivity index (χ1n) is 14.3. The molecule has 0 saturated carbocycles. The van der Waals surface area contributed by atoms with Gasteiger partial charge < -0.3 is 25.2 Å². The van der Waals surface area contributed by atoms with Crippen molar-refractivity contribution in [3.05, 3.63) is 95.1 Å². The average molecular weight is 557 g/mol. The summed E-state index contributed by atoms with van der Waals surface area (Å²) in [6.45, 7) is 1.87. The standard InChI is InChI=1S/C33H36N2O6/c34-29(16-17-31(37)38)33(39)41-26-13-15-28-24(21-26)10-14-27(22-5-2-1-3-6-22)32(28)23-8-11-25(12-9-23)40-20-19-35-18-4-7-30(35)36/h1-3,5-6,8-9,11-13,15,21,27,29,32H,4,7,10,14,16-20,34H2,(H,37,38). The van der Waals surface area contributed by atoms with Gasteiger partial charge in [-0.05, 0) is 78.1 Å². The van der Waals surface area contributed by atoms with Gasteiger partial charge in [-0.25, -0.2) is 4.79 Å². The van der Waals surface area contributed by atoms with Gasteiger partial charge in [0.05, 0.1) is 6.54 Å². The molecule has 0 radical (unpaired) electrons. The maximum absolute atomic E-state index is 12.4. The Morgan fingerprint density at radius 2 is 1.73 bits per heavy atom. The predicted molar refractivity (Wildman–Crippen MR) is 154 cm³/mol. The number of hydrogen-bond donors (Lipinski definition) is 2. The highest BCUT2D eigenvalue weighted by molar-refractivity contribution is 5.79. The van der Waals surface area contributed by atoms with Gasteiger partial charge >= 0.3 is 11.9 Å². The highest BCUT2D eigenvalue weighted by atomic mass is 16.5. The molecule has 1 amide bonds. The van der Waals surface area contributed by atoms with Crippen molar-refractivity contribution < 1.29 is 29.0 Å². The lowest BCUT2D eigenvalue weighted by Crippen LogP contribution is -2.34. The summed E-state index contributed by atoms with van der Waals surface area (Å²) >= 11 is 0. The third kappa shape index (κ3) is 6.95. The van der Waals surface area contributed by atoms with Crippen LogP contribution in [-0.2, 0) is 20.8 Å². The number of benzene rings is 3. The van der Waals surface area contributed by atoms with E-state index in [-0.39, 0.29) is 30.6 Å². The Labute approximate surface area is 240 Å². The van der Waals surface area contributed by atoms with Crippen LogP contribution < -0.4 is 15.2 Å². The SMILES string of the molecule is NC(CCC(=O)O)C(=O)Oc1ccc2c(c1)CCC(c1ccccc1)C2c1ccc(OCCN2CCCC2=O)cc1. The second kappa shape index (κ2) is 13.0. The van der Waals surface area contributed by atoms with Gasteiger partial charge in [0.15, 0.2) is 0 Å². The summed E-state index contributed by atoms with van der Waals surface area (Å²) in [5, 5.41) is 8.86. The molecule has 1 fully saturated rings. The van der Waals surface area contributed by atoms with Gasteiger partial charge in [-0.2, -0.15) is 0 Å². The number of aliphatic carboxylic acids is 1. The minimum absolute atomic E-state index is 0.0238. The maximum Gasteiger partial charge on any atom is 0.328 e. The zero-order chi connectivity index (χ0) is 28.8. The Balaban J connectivity index is 1.34. The first-order chi connectivity index (χ1) is 19.9. The Bertz CT molecular complexity index is 1370. The molecule has 0 spiro atoms. The lowest BCUT2D eigenvalue weighted by molar-refractivity contribution is -0.138. The summed E-state index contributed by atoms with van der Waals surface area (Å²) in [7, 11) is 0. The third-order valence-electron chi connectivity index (χ3n) is 8.04. The largest absolute Gasteiger partial charge is 0.492 e. The number of likely N-dealkylation sites (tertiary alicyclic amines) is 1. The molecule has 3 N–H and O–H groups in total. The van der Waals surface area contributed by atoms with E-state index in [9.17, 15) is 14.4 Å². The second-order valence-corrected chi connectivity index (χ2v) is 10.8. The predicted octanol–water partition coefficient (Wildman–Crippen LogP) is 4.65. The van der Waals surface area contributed by atoms with Gasteiger partial charge in [0.1, 0.15) is 24.1 Å². The number of carbonyl (C=O) groups excluding carboxylic acids is 2. The topological polar surface area (TPSA) is 119 Å². The highest BCUT2D eigenvalue weighted by Crippen LogP contribution is 2.47. The van der Waals surface area contributed by atoms with E-state index in [0.29, 0.717) is 25.3 Å². The fourth-order valence-corrected chi connectivity index (χ4v) is 5.91. The molecule has 3 aromatic rings. The fraction of sp³-hybridized carbons (Fsp3) is 0.364. The zero-order valence-corrected chi connectivity index (χ0v) is 23.0. The van der Waals surface area contributed by atoms with Gasteiger partial charge in [0, 0.05) is 25.3 Å². The van der Waals surface area contributed by atoms with Crippen molar-refractivity contribution in [2.75, 3.05) is 19.7 Å². The van der Waals surface area contributed by atoms with E-state index in [2.05, 4.69) is 36.4 Å². The van der Waals surface area contributed by atoms with Crippen LogP contribution in [0.1, 0.15) is 66.2 Å². The summed E-state index contributed by atoms with van der Waals surface area (Å²) in [6, 6.07) is 23.5. The molecular weight excluding hydrogens is 520 g/mol. The number of carboxylic acid groups (broad SMARTS) is 1. The van der Waals surface area contributed by atoms with Crippen molar-refractivity contribution in [1.29, 1.82) is 0 Å². The van der Waals surface area contributed by atoms with Crippen molar-refractivity contribution in [3.8, 4) is 11.5 Å². The number of rotatable bonds is 11. The molecule has 2 aliphatic rings. The highest BCUT2D eigenvalue weighted by Gasteiger charge is 2.32. The second-order valence-electron chi connectivity index (χ2n) is 10.8. The number of fused-ring (bicyclic) bond motifs is 1. The van der Waals surface area contributed by atoms with Crippen LogP contribution in [0, 0.1) is 0 Å². The molecule has 3 atom stereocenters. The van der Waals surface area contributed by atoms with Gasteiger partial charge in [-0.3, -0.25) is 9.59 Å². The normalized spacial score (nSPS) is 19.0. The third-order valence-corrected chi connectivity index (χ3v) is 8.04. The molecule has 1 aliphatic heterocycles. The Hall–Kier alpha value is -4.17. The number of aryl methyl sites for hydroxylation is 1. The van der Waals surface area contributed by atoms with E-state index >= 15 is 0 Å². The van der Waals surface area contributed by atoms with Crippen LogP contribution in [0.2, 0.25) is 0 Å².